The first-order valence-corrected chi connectivity index (χ1v) is 3.69. The quantitative estimate of drug-likeness (QED) is 0.694. The molecule has 1 aromatic heterocycles. The molecule has 0 aliphatic heterocycles. The smallest absolute Gasteiger partial charge is 0.0273 e. The molecule has 2 nitrogen and oxygen atoms in total. The Morgan fingerprint density at radius 2 is 2.18 bits per heavy atom. The molecule has 2 heteroatoms. The summed E-state index contributed by atoms with van der Waals surface area (Å²) in [7, 11) is 0. The van der Waals surface area contributed by atoms with Gasteiger partial charge in [0, 0.05) is 12.4 Å². The van der Waals surface area contributed by atoms with Gasteiger partial charge >= 0.3 is 0 Å². The van der Waals surface area contributed by atoms with Gasteiger partial charge < -0.3 is 5.73 Å². The summed E-state index contributed by atoms with van der Waals surface area (Å²) >= 11 is 0. The number of pyridine rings is 1. The molecule has 0 aliphatic rings. The zero-order valence-corrected chi connectivity index (χ0v) is 6.62. The maximum absolute atomic E-state index is 5.43. The molecule has 11 heavy (non-hydrogen) atoms. The molecular formula is C9H12N2. The van der Waals surface area contributed by atoms with Gasteiger partial charge in [-0.05, 0) is 35.9 Å². The fourth-order valence-corrected chi connectivity index (χ4v) is 0.984. The predicted octanol–water partition coefficient (Wildman–Crippen LogP) is 1.79. The number of aromatic nitrogens is 1. The van der Waals surface area contributed by atoms with E-state index in [1.807, 2.05) is 12.1 Å². The molecule has 0 radical (unpaired) electrons. The van der Waals surface area contributed by atoms with Crippen LogP contribution in [0.1, 0.15) is 18.9 Å². The summed E-state index contributed by atoms with van der Waals surface area (Å²) in [4.78, 5) is 3.93. The van der Waals surface area contributed by atoms with Crippen LogP contribution >= 0.6 is 0 Å². The molecular weight excluding hydrogens is 136 g/mol. The van der Waals surface area contributed by atoms with Crippen LogP contribution < -0.4 is 5.73 Å². The number of hydrogen-bond donors (Lipinski definition) is 1. The molecule has 1 rings (SSSR count). The Morgan fingerprint density at radius 1 is 1.55 bits per heavy atom. The predicted molar refractivity (Wildman–Crippen MR) is 46.7 cm³/mol. The van der Waals surface area contributed by atoms with Crippen LogP contribution in [0.3, 0.4) is 0 Å². The second-order valence-corrected chi connectivity index (χ2v) is 2.28. The van der Waals surface area contributed by atoms with E-state index in [-0.39, 0.29) is 0 Å². The summed E-state index contributed by atoms with van der Waals surface area (Å²) in [6.07, 6.45) is 6.15. The normalized spacial score (nSPS) is 11.5. The van der Waals surface area contributed by atoms with E-state index in [0.29, 0.717) is 0 Å². The van der Waals surface area contributed by atoms with Crippen molar-refractivity contribution in [3.63, 3.8) is 0 Å². The van der Waals surface area contributed by atoms with Crippen LogP contribution in [0, 0.1) is 0 Å². The molecule has 1 aromatic rings. The highest BCUT2D eigenvalue weighted by Crippen LogP contribution is 2.14. The minimum absolute atomic E-state index is 0.959. The van der Waals surface area contributed by atoms with E-state index in [1.165, 1.54) is 0 Å². The Morgan fingerprint density at radius 3 is 2.64 bits per heavy atom. The van der Waals surface area contributed by atoms with Crippen LogP contribution in [0.15, 0.2) is 30.7 Å². The van der Waals surface area contributed by atoms with Crippen molar-refractivity contribution in [2.24, 2.45) is 5.73 Å². The van der Waals surface area contributed by atoms with Gasteiger partial charge in [-0.1, -0.05) is 6.92 Å². The molecule has 0 saturated heterocycles. The molecule has 2 N–H and O–H groups in total. The van der Waals surface area contributed by atoms with Gasteiger partial charge in [0.1, 0.15) is 0 Å². The van der Waals surface area contributed by atoms with Crippen molar-refractivity contribution in [2.75, 3.05) is 0 Å². The monoisotopic (exact) mass is 148 g/mol. The molecule has 1 heterocycles. The van der Waals surface area contributed by atoms with Gasteiger partial charge in [0.2, 0.25) is 0 Å². The van der Waals surface area contributed by atoms with Crippen LogP contribution in [0.4, 0.5) is 0 Å². The number of rotatable bonds is 2. The third kappa shape index (κ3) is 1.80. The number of allylic oxidation sites excluding steroid dienone is 1. The largest absolute Gasteiger partial charge is 0.404 e. The van der Waals surface area contributed by atoms with Gasteiger partial charge in [0.25, 0.3) is 0 Å². The molecule has 58 valence electrons. The van der Waals surface area contributed by atoms with Crippen LogP contribution in [0.25, 0.3) is 5.57 Å². The number of nitrogens with zero attached hydrogens (tertiary/aromatic N) is 1. The van der Waals surface area contributed by atoms with Crippen LogP contribution in [0.2, 0.25) is 0 Å². The molecule has 0 atom stereocenters. The van der Waals surface area contributed by atoms with Gasteiger partial charge in [-0.2, -0.15) is 0 Å². The van der Waals surface area contributed by atoms with Crippen molar-refractivity contribution in [1.29, 1.82) is 0 Å². The standard InChI is InChI=1S/C9H12N2/c1-2-8(7-10)9-3-5-11-6-4-9/h3-7H,2,10H2,1H3/b8-7+. The van der Waals surface area contributed by atoms with E-state index in [2.05, 4.69) is 11.9 Å². The minimum Gasteiger partial charge on any atom is -0.404 e. The first-order valence-electron chi connectivity index (χ1n) is 3.69. The Labute approximate surface area is 66.8 Å². The van der Waals surface area contributed by atoms with E-state index in [9.17, 15) is 0 Å². The van der Waals surface area contributed by atoms with Gasteiger partial charge in [-0.15, -0.1) is 0 Å². The summed E-state index contributed by atoms with van der Waals surface area (Å²) in [6.45, 7) is 2.08. The SMILES string of the molecule is CC/C(=C\N)c1ccncc1. The van der Waals surface area contributed by atoms with E-state index in [1.54, 1.807) is 18.6 Å². The van der Waals surface area contributed by atoms with E-state index in [4.69, 9.17) is 5.73 Å². The summed E-state index contributed by atoms with van der Waals surface area (Å²) in [5, 5.41) is 0. The topological polar surface area (TPSA) is 38.9 Å². The summed E-state index contributed by atoms with van der Waals surface area (Å²) in [5.41, 5.74) is 7.75. The van der Waals surface area contributed by atoms with Crippen LogP contribution in [-0.2, 0) is 0 Å². The first-order chi connectivity index (χ1) is 5.38. The Bertz CT molecular complexity index is 239. The average molecular weight is 148 g/mol. The van der Waals surface area contributed by atoms with Gasteiger partial charge in [0.15, 0.2) is 0 Å². The lowest BCUT2D eigenvalue weighted by atomic mass is 10.1. The maximum Gasteiger partial charge on any atom is 0.0273 e. The Kier molecular flexibility index (Phi) is 2.66. The molecule has 0 fully saturated rings. The number of nitrogens with two attached hydrogens (primary N) is 1. The van der Waals surface area contributed by atoms with Crippen molar-refractivity contribution in [3.05, 3.63) is 36.3 Å². The van der Waals surface area contributed by atoms with Gasteiger partial charge in [-0.3, -0.25) is 4.98 Å². The highest BCUT2D eigenvalue weighted by molar-refractivity contribution is 5.64. The summed E-state index contributed by atoms with van der Waals surface area (Å²) in [6, 6.07) is 3.92. The highest BCUT2D eigenvalue weighted by atomic mass is 14.6. The lowest BCUT2D eigenvalue weighted by Crippen LogP contribution is -1.88. The molecule has 0 amide bonds. The van der Waals surface area contributed by atoms with E-state index in [0.717, 1.165) is 17.6 Å². The minimum atomic E-state index is 0.959. The van der Waals surface area contributed by atoms with Crippen molar-refractivity contribution in [1.82, 2.24) is 4.98 Å². The summed E-state index contributed by atoms with van der Waals surface area (Å²) < 4.78 is 0. The fraction of sp³-hybridized carbons (Fsp3) is 0.222. The average Bonchev–Trinajstić information content (AvgIpc) is 2.09. The number of hydrogen-bond acceptors (Lipinski definition) is 2. The Hall–Kier alpha value is -1.31. The fourth-order valence-electron chi connectivity index (χ4n) is 0.984. The highest BCUT2D eigenvalue weighted by Gasteiger charge is 1.95. The lowest BCUT2D eigenvalue weighted by Gasteiger charge is -2.01. The third-order valence-corrected chi connectivity index (χ3v) is 1.63. The molecule has 0 spiro atoms. The van der Waals surface area contributed by atoms with Crippen LogP contribution in [0.5, 0.6) is 0 Å². The van der Waals surface area contributed by atoms with Crippen molar-refractivity contribution >= 4 is 5.57 Å². The molecule has 0 unspecified atom stereocenters. The molecule has 0 aromatic carbocycles. The molecule has 0 bridgehead atoms. The van der Waals surface area contributed by atoms with Crippen molar-refractivity contribution < 1.29 is 0 Å². The zero-order valence-electron chi connectivity index (χ0n) is 6.62. The lowest BCUT2D eigenvalue weighted by molar-refractivity contribution is 1.21. The van der Waals surface area contributed by atoms with Crippen LogP contribution in [-0.4, -0.2) is 4.98 Å². The van der Waals surface area contributed by atoms with Gasteiger partial charge in [-0.25, -0.2) is 0 Å². The van der Waals surface area contributed by atoms with Gasteiger partial charge in [0.05, 0.1) is 0 Å². The zero-order chi connectivity index (χ0) is 8.10. The maximum atomic E-state index is 5.43. The first kappa shape index (κ1) is 7.79. The Balaban J connectivity index is 2.92. The van der Waals surface area contributed by atoms with E-state index >= 15 is 0 Å². The second-order valence-electron chi connectivity index (χ2n) is 2.28. The second kappa shape index (κ2) is 3.76. The van der Waals surface area contributed by atoms with Crippen molar-refractivity contribution in [3.8, 4) is 0 Å². The third-order valence-electron chi connectivity index (χ3n) is 1.63. The molecule has 0 saturated carbocycles. The molecule has 0 aliphatic carbocycles. The van der Waals surface area contributed by atoms with Crippen molar-refractivity contribution in [2.45, 2.75) is 13.3 Å². The summed E-state index contributed by atoms with van der Waals surface area (Å²) in [5.74, 6) is 0. The van der Waals surface area contributed by atoms with E-state index < -0.39 is 0 Å².